The number of hydrogen-bond donors (Lipinski definition) is 2. The number of hydrogen-bond acceptors (Lipinski definition) is 8. The van der Waals surface area contributed by atoms with E-state index < -0.39 is 0 Å². The van der Waals surface area contributed by atoms with Crippen LogP contribution in [0.1, 0.15) is 0 Å². The van der Waals surface area contributed by atoms with E-state index in [2.05, 4.69) is 32.1 Å². The molecule has 0 saturated carbocycles. The first kappa shape index (κ1) is 24.8. The average Bonchev–Trinajstić information content (AvgIpc) is 2.95. The molecular weight excluding hydrogens is 482 g/mol. The summed E-state index contributed by atoms with van der Waals surface area (Å²) < 4.78 is 17.2. The first-order chi connectivity index (χ1) is 18.7. The minimum absolute atomic E-state index is 0.283. The monoisotopic (exact) mass is 509 g/mol. The summed E-state index contributed by atoms with van der Waals surface area (Å²) in [6.45, 7) is 6.33. The van der Waals surface area contributed by atoms with Crippen LogP contribution in [0.3, 0.4) is 0 Å². The van der Waals surface area contributed by atoms with Gasteiger partial charge in [0.05, 0.1) is 24.6 Å². The van der Waals surface area contributed by atoms with Crippen LogP contribution in [0.25, 0.3) is 0 Å². The SMILES string of the molecule is C=CC(=O)Nc1cc(Nc2cc(Oc3ccc(Oc4ccccc4)cc3)ncn2)ccc1N1CCOCC1. The molecule has 4 aromatic rings. The van der Waals surface area contributed by atoms with Gasteiger partial charge in [0.25, 0.3) is 0 Å². The minimum atomic E-state index is -0.283. The highest BCUT2D eigenvalue weighted by atomic mass is 16.5. The molecule has 3 aromatic carbocycles. The largest absolute Gasteiger partial charge is 0.457 e. The first-order valence-electron chi connectivity index (χ1n) is 12.2. The summed E-state index contributed by atoms with van der Waals surface area (Å²) in [5.74, 6) is 2.71. The van der Waals surface area contributed by atoms with Crippen LogP contribution >= 0.6 is 0 Å². The average molecular weight is 510 g/mol. The number of carbonyl (C=O) groups is 1. The highest BCUT2D eigenvalue weighted by molar-refractivity contribution is 6.01. The molecule has 0 unspecified atom stereocenters. The second-order valence-corrected chi connectivity index (χ2v) is 8.38. The lowest BCUT2D eigenvalue weighted by molar-refractivity contribution is -0.111. The van der Waals surface area contributed by atoms with Gasteiger partial charge in [0.2, 0.25) is 11.8 Å². The van der Waals surface area contributed by atoms with E-state index in [1.807, 2.05) is 72.8 Å². The van der Waals surface area contributed by atoms with E-state index in [4.69, 9.17) is 14.2 Å². The second kappa shape index (κ2) is 11.9. The Morgan fingerprint density at radius 1 is 0.895 bits per heavy atom. The van der Waals surface area contributed by atoms with Crippen molar-refractivity contribution in [1.82, 2.24) is 9.97 Å². The number of amides is 1. The molecular formula is C29H27N5O4. The molecule has 2 N–H and O–H groups in total. The van der Waals surface area contributed by atoms with Crippen LogP contribution in [-0.4, -0.2) is 42.2 Å². The quantitative estimate of drug-likeness (QED) is 0.275. The van der Waals surface area contributed by atoms with Gasteiger partial charge < -0.3 is 29.7 Å². The molecule has 38 heavy (non-hydrogen) atoms. The Morgan fingerprint density at radius 3 is 2.34 bits per heavy atom. The standard InChI is InChI=1S/C29H27N5O4/c1-2-28(35)33-25-18-21(8-13-26(25)34-14-16-36-17-15-34)32-27-19-29(31-20-30-27)38-24-11-9-23(10-12-24)37-22-6-4-3-5-7-22/h2-13,18-20H,1,14-17H2,(H,33,35)(H,30,31,32). The van der Waals surface area contributed by atoms with E-state index in [0.29, 0.717) is 42.1 Å². The molecule has 9 nitrogen and oxygen atoms in total. The van der Waals surface area contributed by atoms with E-state index in [1.54, 1.807) is 6.07 Å². The molecule has 1 aliphatic heterocycles. The van der Waals surface area contributed by atoms with Crippen molar-refractivity contribution in [1.29, 1.82) is 0 Å². The number of benzene rings is 3. The van der Waals surface area contributed by atoms with Crippen molar-refractivity contribution in [3.63, 3.8) is 0 Å². The Labute approximate surface area is 220 Å². The van der Waals surface area contributed by atoms with Crippen molar-refractivity contribution in [3.8, 4) is 23.1 Å². The molecule has 192 valence electrons. The zero-order valence-corrected chi connectivity index (χ0v) is 20.7. The molecule has 1 fully saturated rings. The smallest absolute Gasteiger partial charge is 0.247 e. The Bertz CT molecular complexity index is 1390. The number of nitrogens with one attached hydrogen (secondary N) is 2. The van der Waals surface area contributed by atoms with Gasteiger partial charge in [-0.2, -0.15) is 0 Å². The van der Waals surface area contributed by atoms with Crippen molar-refractivity contribution < 1.29 is 19.0 Å². The molecule has 0 spiro atoms. The van der Waals surface area contributed by atoms with Crippen LogP contribution < -0.4 is 25.0 Å². The normalized spacial score (nSPS) is 12.9. The van der Waals surface area contributed by atoms with Crippen LogP contribution in [0.2, 0.25) is 0 Å². The fourth-order valence-corrected chi connectivity index (χ4v) is 3.91. The van der Waals surface area contributed by atoms with Gasteiger partial charge >= 0.3 is 0 Å². The fraction of sp³-hybridized carbons (Fsp3) is 0.138. The number of ether oxygens (including phenoxy) is 3. The molecule has 1 aliphatic rings. The summed E-state index contributed by atoms with van der Waals surface area (Å²) in [5.41, 5.74) is 2.33. The van der Waals surface area contributed by atoms with Crippen LogP contribution in [0.4, 0.5) is 22.9 Å². The topological polar surface area (TPSA) is 97.8 Å². The van der Waals surface area contributed by atoms with Crippen LogP contribution in [0.5, 0.6) is 23.1 Å². The second-order valence-electron chi connectivity index (χ2n) is 8.38. The number of carbonyl (C=O) groups excluding carboxylic acids is 1. The zero-order valence-electron chi connectivity index (χ0n) is 20.7. The summed E-state index contributed by atoms with van der Waals surface area (Å²) in [6.07, 6.45) is 2.67. The lowest BCUT2D eigenvalue weighted by atomic mass is 10.2. The first-order valence-corrected chi connectivity index (χ1v) is 12.2. The van der Waals surface area contributed by atoms with Crippen molar-refractivity contribution in [2.45, 2.75) is 0 Å². The molecule has 0 aliphatic carbocycles. The predicted octanol–water partition coefficient (Wildman–Crippen LogP) is 5.77. The van der Waals surface area contributed by atoms with E-state index in [-0.39, 0.29) is 5.91 Å². The van der Waals surface area contributed by atoms with Crippen LogP contribution in [0.15, 0.2) is 97.8 Å². The van der Waals surface area contributed by atoms with E-state index in [0.717, 1.165) is 30.2 Å². The third kappa shape index (κ3) is 6.45. The summed E-state index contributed by atoms with van der Waals surface area (Å²) in [7, 11) is 0. The zero-order chi connectivity index (χ0) is 26.2. The van der Waals surface area contributed by atoms with Crippen molar-refractivity contribution in [2.75, 3.05) is 41.8 Å². The maximum atomic E-state index is 12.1. The van der Waals surface area contributed by atoms with Gasteiger partial charge in [-0.25, -0.2) is 9.97 Å². The molecule has 0 radical (unpaired) electrons. The Balaban J connectivity index is 1.28. The van der Waals surface area contributed by atoms with Gasteiger partial charge in [-0.1, -0.05) is 24.8 Å². The van der Waals surface area contributed by atoms with E-state index in [1.165, 1.54) is 12.4 Å². The highest BCUT2D eigenvalue weighted by Gasteiger charge is 2.16. The van der Waals surface area contributed by atoms with Gasteiger partial charge in [0, 0.05) is 24.8 Å². The number of nitrogens with zero attached hydrogens (tertiary/aromatic N) is 3. The number of para-hydroxylation sites is 1. The number of morpholine rings is 1. The molecule has 1 amide bonds. The lowest BCUT2D eigenvalue weighted by Crippen LogP contribution is -2.36. The molecule has 1 saturated heterocycles. The summed E-state index contributed by atoms with van der Waals surface area (Å²) >= 11 is 0. The molecule has 5 rings (SSSR count). The van der Waals surface area contributed by atoms with Gasteiger partial charge in [-0.3, -0.25) is 4.79 Å². The number of rotatable bonds is 9. The molecule has 0 bridgehead atoms. The third-order valence-electron chi connectivity index (χ3n) is 5.73. The molecule has 0 atom stereocenters. The van der Waals surface area contributed by atoms with E-state index in [9.17, 15) is 4.79 Å². The number of aromatic nitrogens is 2. The highest BCUT2D eigenvalue weighted by Crippen LogP contribution is 2.32. The fourth-order valence-electron chi connectivity index (χ4n) is 3.91. The Morgan fingerprint density at radius 2 is 1.61 bits per heavy atom. The summed E-state index contributed by atoms with van der Waals surface area (Å²) in [4.78, 5) is 22.8. The van der Waals surface area contributed by atoms with Crippen LogP contribution in [-0.2, 0) is 9.53 Å². The molecule has 9 heteroatoms. The molecule has 2 heterocycles. The Kier molecular flexibility index (Phi) is 7.76. The van der Waals surface area contributed by atoms with Crippen molar-refractivity contribution in [2.24, 2.45) is 0 Å². The Hall–Kier alpha value is -4.89. The van der Waals surface area contributed by atoms with Crippen LogP contribution in [0, 0.1) is 0 Å². The third-order valence-corrected chi connectivity index (χ3v) is 5.73. The van der Waals surface area contributed by atoms with Crippen molar-refractivity contribution >= 4 is 28.8 Å². The molecule has 1 aromatic heterocycles. The number of anilines is 4. The summed E-state index contributed by atoms with van der Waals surface area (Å²) in [5, 5.41) is 6.16. The minimum Gasteiger partial charge on any atom is -0.457 e. The van der Waals surface area contributed by atoms with Crippen molar-refractivity contribution in [3.05, 3.63) is 97.8 Å². The van der Waals surface area contributed by atoms with Gasteiger partial charge in [0.15, 0.2) is 0 Å². The lowest BCUT2D eigenvalue weighted by Gasteiger charge is -2.30. The van der Waals surface area contributed by atoms with Gasteiger partial charge in [0.1, 0.15) is 29.4 Å². The van der Waals surface area contributed by atoms with Gasteiger partial charge in [-0.15, -0.1) is 0 Å². The maximum absolute atomic E-state index is 12.1. The van der Waals surface area contributed by atoms with E-state index >= 15 is 0 Å². The summed E-state index contributed by atoms with van der Waals surface area (Å²) in [6, 6.07) is 24.3. The maximum Gasteiger partial charge on any atom is 0.247 e. The predicted molar refractivity (Wildman–Crippen MR) is 147 cm³/mol. The van der Waals surface area contributed by atoms with Gasteiger partial charge in [-0.05, 0) is 60.7 Å².